The Morgan fingerprint density at radius 1 is 1.39 bits per heavy atom. The number of aromatic nitrogens is 1. The summed E-state index contributed by atoms with van der Waals surface area (Å²) in [6.45, 7) is 2.28. The molecule has 1 aromatic heterocycles. The Morgan fingerprint density at radius 3 is 2.89 bits per heavy atom. The fourth-order valence-electron chi connectivity index (χ4n) is 2.57. The molecule has 1 aromatic carbocycles. The second-order valence-electron chi connectivity index (χ2n) is 5.17. The van der Waals surface area contributed by atoms with Crippen LogP contribution in [0.3, 0.4) is 0 Å². The first kappa shape index (κ1) is 11.8. The first-order valence-electron chi connectivity index (χ1n) is 6.24. The topological polar surface area (TPSA) is 50.9 Å². The summed E-state index contributed by atoms with van der Waals surface area (Å²) < 4.78 is 1.05. The van der Waals surface area contributed by atoms with Crippen molar-refractivity contribution in [3.05, 3.63) is 28.9 Å². The van der Waals surface area contributed by atoms with E-state index in [-0.39, 0.29) is 0 Å². The lowest BCUT2D eigenvalue weighted by molar-refractivity contribution is 0.309. The monoisotopic (exact) mass is 305 g/mol. The number of pyridine rings is 1. The summed E-state index contributed by atoms with van der Waals surface area (Å²) in [5, 5.41) is 4.65. The maximum Gasteiger partial charge on any atom is 0.0743 e. The van der Waals surface area contributed by atoms with E-state index in [9.17, 15) is 0 Å². The average molecular weight is 306 g/mol. The SMILES string of the molecule is CC1CC(Nc2c(N)cnc3ccc(Br)cc23)C1. The van der Waals surface area contributed by atoms with Gasteiger partial charge in [-0.3, -0.25) is 4.98 Å². The summed E-state index contributed by atoms with van der Waals surface area (Å²) >= 11 is 3.50. The van der Waals surface area contributed by atoms with E-state index >= 15 is 0 Å². The van der Waals surface area contributed by atoms with Crippen LogP contribution in [0.25, 0.3) is 10.9 Å². The summed E-state index contributed by atoms with van der Waals surface area (Å²) in [5.74, 6) is 0.823. The van der Waals surface area contributed by atoms with Crippen molar-refractivity contribution in [2.45, 2.75) is 25.8 Å². The molecule has 0 atom stereocenters. The van der Waals surface area contributed by atoms with Gasteiger partial charge in [0.1, 0.15) is 0 Å². The molecule has 0 radical (unpaired) electrons. The van der Waals surface area contributed by atoms with Gasteiger partial charge in [-0.05, 0) is 37.0 Å². The molecule has 94 valence electrons. The molecule has 0 bridgehead atoms. The van der Waals surface area contributed by atoms with E-state index in [0.717, 1.165) is 32.7 Å². The molecule has 1 fully saturated rings. The number of fused-ring (bicyclic) bond motifs is 1. The number of nitrogens with one attached hydrogen (secondary N) is 1. The van der Waals surface area contributed by atoms with Crippen molar-refractivity contribution in [3.63, 3.8) is 0 Å². The van der Waals surface area contributed by atoms with Crippen LogP contribution in [0.4, 0.5) is 11.4 Å². The van der Waals surface area contributed by atoms with E-state index in [1.807, 2.05) is 12.1 Å². The quantitative estimate of drug-likeness (QED) is 0.887. The minimum absolute atomic E-state index is 0.548. The molecular formula is C14H16BrN3. The zero-order valence-corrected chi connectivity index (χ0v) is 11.9. The fourth-order valence-corrected chi connectivity index (χ4v) is 2.93. The number of halogens is 1. The number of hydrogen-bond donors (Lipinski definition) is 2. The van der Waals surface area contributed by atoms with Gasteiger partial charge in [0.25, 0.3) is 0 Å². The molecule has 2 aromatic rings. The van der Waals surface area contributed by atoms with Crippen molar-refractivity contribution < 1.29 is 0 Å². The highest BCUT2D eigenvalue weighted by atomic mass is 79.9. The molecule has 1 heterocycles. The Labute approximate surface area is 115 Å². The Kier molecular flexibility index (Phi) is 2.90. The minimum Gasteiger partial charge on any atom is -0.396 e. The van der Waals surface area contributed by atoms with Gasteiger partial charge in [0, 0.05) is 15.9 Å². The van der Waals surface area contributed by atoms with Crippen LogP contribution in [-0.2, 0) is 0 Å². The highest BCUT2D eigenvalue weighted by Gasteiger charge is 2.26. The van der Waals surface area contributed by atoms with Crippen LogP contribution in [0.2, 0.25) is 0 Å². The first-order valence-corrected chi connectivity index (χ1v) is 7.03. The van der Waals surface area contributed by atoms with Crippen LogP contribution in [0.5, 0.6) is 0 Å². The third-order valence-corrected chi connectivity index (χ3v) is 4.07. The summed E-state index contributed by atoms with van der Waals surface area (Å²) in [5.41, 5.74) is 8.78. The van der Waals surface area contributed by atoms with Gasteiger partial charge in [-0.1, -0.05) is 22.9 Å². The van der Waals surface area contributed by atoms with Crippen LogP contribution < -0.4 is 11.1 Å². The largest absolute Gasteiger partial charge is 0.396 e. The van der Waals surface area contributed by atoms with Gasteiger partial charge in [0.15, 0.2) is 0 Å². The van der Waals surface area contributed by atoms with Gasteiger partial charge in [-0.25, -0.2) is 0 Å². The third-order valence-electron chi connectivity index (χ3n) is 3.58. The van der Waals surface area contributed by atoms with Crippen molar-refractivity contribution >= 4 is 38.2 Å². The van der Waals surface area contributed by atoms with Gasteiger partial charge in [0.05, 0.1) is 23.1 Å². The number of nitrogens with zero attached hydrogens (tertiary/aromatic N) is 1. The molecule has 1 aliphatic carbocycles. The van der Waals surface area contributed by atoms with Crippen LogP contribution >= 0.6 is 15.9 Å². The van der Waals surface area contributed by atoms with Gasteiger partial charge in [-0.2, -0.15) is 0 Å². The summed E-state index contributed by atoms with van der Waals surface area (Å²) in [6, 6.07) is 6.63. The highest BCUT2D eigenvalue weighted by Crippen LogP contribution is 2.35. The number of rotatable bonds is 2. The molecule has 1 aliphatic rings. The van der Waals surface area contributed by atoms with E-state index in [1.165, 1.54) is 12.8 Å². The van der Waals surface area contributed by atoms with Crippen molar-refractivity contribution in [2.75, 3.05) is 11.1 Å². The molecule has 0 amide bonds. The molecule has 18 heavy (non-hydrogen) atoms. The van der Waals surface area contributed by atoms with Crippen molar-refractivity contribution in [1.29, 1.82) is 0 Å². The maximum atomic E-state index is 6.06. The second-order valence-corrected chi connectivity index (χ2v) is 6.08. The van der Waals surface area contributed by atoms with E-state index in [1.54, 1.807) is 6.20 Å². The van der Waals surface area contributed by atoms with Gasteiger partial charge < -0.3 is 11.1 Å². The lowest BCUT2D eigenvalue weighted by atomic mass is 9.81. The number of nitrogen functional groups attached to an aromatic ring is 1. The fraction of sp³-hybridized carbons (Fsp3) is 0.357. The predicted octanol–water partition coefficient (Wildman–Crippen LogP) is 3.79. The van der Waals surface area contributed by atoms with Crippen LogP contribution in [0, 0.1) is 5.92 Å². The van der Waals surface area contributed by atoms with Crippen molar-refractivity contribution in [1.82, 2.24) is 4.98 Å². The molecule has 0 spiro atoms. The minimum atomic E-state index is 0.548. The Bertz CT molecular complexity index is 586. The zero-order valence-electron chi connectivity index (χ0n) is 10.3. The molecule has 4 heteroatoms. The highest BCUT2D eigenvalue weighted by molar-refractivity contribution is 9.10. The number of hydrogen-bond acceptors (Lipinski definition) is 3. The molecule has 0 saturated heterocycles. The van der Waals surface area contributed by atoms with Crippen LogP contribution in [-0.4, -0.2) is 11.0 Å². The molecule has 3 N–H and O–H groups in total. The molecule has 3 nitrogen and oxygen atoms in total. The van der Waals surface area contributed by atoms with Crippen molar-refractivity contribution in [2.24, 2.45) is 5.92 Å². The predicted molar refractivity (Wildman–Crippen MR) is 79.7 cm³/mol. The van der Waals surface area contributed by atoms with Gasteiger partial charge in [-0.15, -0.1) is 0 Å². The number of anilines is 2. The molecule has 0 aliphatic heterocycles. The summed E-state index contributed by atoms with van der Waals surface area (Å²) in [4.78, 5) is 4.36. The normalized spacial score (nSPS) is 22.8. The third kappa shape index (κ3) is 2.05. The van der Waals surface area contributed by atoms with Gasteiger partial charge >= 0.3 is 0 Å². The van der Waals surface area contributed by atoms with E-state index in [0.29, 0.717) is 6.04 Å². The number of nitrogens with two attached hydrogens (primary N) is 1. The van der Waals surface area contributed by atoms with Gasteiger partial charge in [0.2, 0.25) is 0 Å². The second kappa shape index (κ2) is 4.43. The van der Waals surface area contributed by atoms with E-state index < -0.39 is 0 Å². The Morgan fingerprint density at radius 2 is 2.17 bits per heavy atom. The molecule has 3 rings (SSSR count). The smallest absolute Gasteiger partial charge is 0.0743 e. The molecule has 0 unspecified atom stereocenters. The first-order chi connectivity index (χ1) is 8.63. The van der Waals surface area contributed by atoms with Crippen LogP contribution in [0.1, 0.15) is 19.8 Å². The summed E-state index contributed by atoms with van der Waals surface area (Å²) in [6.07, 6.45) is 4.18. The lowest BCUT2D eigenvalue weighted by Crippen LogP contribution is -2.34. The van der Waals surface area contributed by atoms with E-state index in [4.69, 9.17) is 5.73 Å². The standard InChI is InChI=1S/C14H16BrN3/c1-8-4-10(5-8)18-14-11-6-9(15)2-3-13(11)17-7-12(14)16/h2-3,6-8,10H,4-5,16H2,1H3,(H,17,18). The Hall–Kier alpha value is -1.29. The average Bonchev–Trinajstić information content (AvgIpc) is 2.30. The maximum absolute atomic E-state index is 6.06. The zero-order chi connectivity index (χ0) is 12.7. The van der Waals surface area contributed by atoms with E-state index in [2.05, 4.69) is 39.2 Å². The lowest BCUT2D eigenvalue weighted by Gasteiger charge is -2.34. The molecular weight excluding hydrogens is 290 g/mol. The molecule has 1 saturated carbocycles. The Balaban J connectivity index is 2.02. The van der Waals surface area contributed by atoms with Crippen LogP contribution in [0.15, 0.2) is 28.9 Å². The summed E-state index contributed by atoms with van der Waals surface area (Å²) in [7, 11) is 0. The van der Waals surface area contributed by atoms with Crippen molar-refractivity contribution in [3.8, 4) is 0 Å². The number of benzene rings is 1.